The minimum Gasteiger partial charge on any atom is -0.484 e. The van der Waals surface area contributed by atoms with E-state index in [0.717, 1.165) is 47.0 Å². The van der Waals surface area contributed by atoms with Gasteiger partial charge in [0.2, 0.25) is 0 Å². The van der Waals surface area contributed by atoms with Gasteiger partial charge in [-0.25, -0.2) is 9.18 Å². The van der Waals surface area contributed by atoms with E-state index in [4.69, 9.17) is 13.9 Å². The van der Waals surface area contributed by atoms with Crippen LogP contribution >= 0.6 is 11.9 Å². The minimum atomic E-state index is -0.504. The molecule has 0 spiro atoms. The Bertz CT molecular complexity index is 1220. The van der Waals surface area contributed by atoms with Crippen molar-refractivity contribution < 1.29 is 23.1 Å². The van der Waals surface area contributed by atoms with Gasteiger partial charge in [-0.1, -0.05) is 12.2 Å². The molecule has 0 saturated carbocycles. The molecule has 2 aliphatic heterocycles. The lowest BCUT2D eigenvalue weighted by Crippen LogP contribution is -2.36. The second kappa shape index (κ2) is 9.33. The van der Waals surface area contributed by atoms with E-state index >= 15 is 0 Å². The molecule has 0 unspecified atom stereocenters. The normalized spacial score (nSPS) is 14.8. The van der Waals surface area contributed by atoms with Crippen molar-refractivity contribution in [1.29, 1.82) is 0 Å². The third kappa shape index (κ3) is 4.36. The molecule has 0 bridgehead atoms. The highest BCUT2D eigenvalue weighted by Crippen LogP contribution is 2.44. The van der Waals surface area contributed by atoms with E-state index < -0.39 is 5.97 Å². The summed E-state index contributed by atoms with van der Waals surface area (Å²) in [6, 6.07) is 10.2. The predicted molar refractivity (Wildman–Crippen MR) is 126 cm³/mol. The van der Waals surface area contributed by atoms with Gasteiger partial charge in [0.15, 0.2) is 0 Å². The zero-order valence-electron chi connectivity index (χ0n) is 18.1. The second-order valence-corrected chi connectivity index (χ2v) is 8.69. The summed E-state index contributed by atoms with van der Waals surface area (Å²) in [6.45, 7) is 3.29. The number of hydrogen-bond donors (Lipinski definition) is 1. The Hall–Kier alpha value is -3.23. The van der Waals surface area contributed by atoms with Crippen molar-refractivity contribution in [3.05, 3.63) is 71.4 Å². The van der Waals surface area contributed by atoms with Crippen LogP contribution in [0.1, 0.15) is 28.1 Å². The molecule has 2 aromatic carbocycles. The summed E-state index contributed by atoms with van der Waals surface area (Å²) in [5, 5.41) is 0. The smallest absolute Gasteiger partial charge is 0.343 e. The number of carbonyl (C=O) groups excluding carboxylic acids is 1. The van der Waals surface area contributed by atoms with E-state index in [1.54, 1.807) is 12.3 Å². The van der Waals surface area contributed by atoms with Crippen LogP contribution in [0.2, 0.25) is 0 Å². The summed E-state index contributed by atoms with van der Waals surface area (Å²) < 4.78 is 33.5. The van der Waals surface area contributed by atoms with Gasteiger partial charge in [0.05, 0.1) is 19.1 Å². The number of hydrogen-bond acceptors (Lipinski definition) is 7. The van der Waals surface area contributed by atoms with Gasteiger partial charge in [-0.3, -0.25) is 4.90 Å². The number of fused-ring (bicyclic) bond motifs is 3. The highest BCUT2D eigenvalue weighted by Gasteiger charge is 2.28. The van der Waals surface area contributed by atoms with Gasteiger partial charge in [0.1, 0.15) is 29.5 Å². The lowest BCUT2D eigenvalue weighted by Gasteiger charge is -2.29. The first-order valence-corrected chi connectivity index (χ1v) is 11.5. The van der Waals surface area contributed by atoms with Gasteiger partial charge < -0.3 is 18.6 Å². The van der Waals surface area contributed by atoms with Crippen LogP contribution in [-0.4, -0.2) is 37.6 Å². The van der Waals surface area contributed by atoms with E-state index in [0.29, 0.717) is 17.0 Å². The lowest BCUT2D eigenvalue weighted by atomic mass is 9.98. The molecule has 2 aliphatic rings. The average molecular weight is 467 g/mol. The van der Waals surface area contributed by atoms with Crippen molar-refractivity contribution in [2.45, 2.75) is 17.9 Å². The fourth-order valence-corrected chi connectivity index (χ4v) is 4.68. The summed E-state index contributed by atoms with van der Waals surface area (Å²) in [5.74, 6) is 0.372. The van der Waals surface area contributed by atoms with Crippen LogP contribution < -0.4 is 9.46 Å². The van der Waals surface area contributed by atoms with E-state index in [1.807, 2.05) is 30.4 Å². The molecule has 0 amide bonds. The Balaban J connectivity index is 1.42. The first-order valence-electron chi connectivity index (χ1n) is 10.7. The molecule has 0 atom stereocenters. The first kappa shape index (κ1) is 21.6. The van der Waals surface area contributed by atoms with Crippen LogP contribution in [0.3, 0.4) is 0 Å². The number of esters is 1. The van der Waals surface area contributed by atoms with Gasteiger partial charge in [0, 0.05) is 22.6 Å². The molecule has 1 saturated heterocycles. The Morgan fingerprint density at radius 3 is 2.91 bits per heavy atom. The first-order chi connectivity index (χ1) is 16.1. The maximum absolute atomic E-state index is 13.9. The van der Waals surface area contributed by atoms with Crippen LogP contribution in [0.5, 0.6) is 5.75 Å². The number of anilines is 1. The van der Waals surface area contributed by atoms with Crippen molar-refractivity contribution in [3.63, 3.8) is 0 Å². The molecule has 1 aromatic heterocycles. The topological polar surface area (TPSA) is 63.9 Å². The number of benzene rings is 2. The molecule has 5 rings (SSSR count). The monoisotopic (exact) mass is 466 g/mol. The quantitative estimate of drug-likeness (QED) is 0.359. The summed E-state index contributed by atoms with van der Waals surface area (Å²) in [4.78, 5) is 15.8. The molecule has 0 radical (unpaired) electrons. The van der Waals surface area contributed by atoms with E-state index in [1.165, 1.54) is 37.6 Å². The van der Waals surface area contributed by atoms with Gasteiger partial charge in [-0.2, -0.15) is 0 Å². The molecule has 3 heterocycles. The predicted octanol–water partition coefficient (Wildman–Crippen LogP) is 5.60. The van der Waals surface area contributed by atoms with E-state index in [-0.39, 0.29) is 12.4 Å². The Labute approximate surface area is 195 Å². The van der Waals surface area contributed by atoms with Crippen LogP contribution in [-0.2, 0) is 11.3 Å². The molecule has 33 heavy (non-hydrogen) atoms. The summed E-state index contributed by atoms with van der Waals surface area (Å²) in [7, 11) is 1.34. The Kier molecular flexibility index (Phi) is 6.11. The summed E-state index contributed by atoms with van der Waals surface area (Å²) in [5.41, 5.74) is 3.31. The average Bonchev–Trinajstić information content (AvgIpc) is 3.28. The van der Waals surface area contributed by atoms with Crippen LogP contribution in [0.4, 0.5) is 10.1 Å². The number of furan rings is 1. The maximum Gasteiger partial charge on any atom is 0.343 e. The molecule has 3 aromatic rings. The van der Waals surface area contributed by atoms with Gasteiger partial charge in [0.25, 0.3) is 0 Å². The minimum absolute atomic E-state index is 0.236. The van der Waals surface area contributed by atoms with Crippen molar-refractivity contribution >= 4 is 29.7 Å². The number of ether oxygens (including phenoxy) is 2. The van der Waals surface area contributed by atoms with Gasteiger partial charge in [-0.15, -0.1) is 0 Å². The van der Waals surface area contributed by atoms with Gasteiger partial charge in [-0.05, 0) is 73.4 Å². The molecular weight excluding hydrogens is 443 g/mol. The van der Waals surface area contributed by atoms with Crippen molar-refractivity contribution in [3.8, 4) is 16.9 Å². The largest absolute Gasteiger partial charge is 0.484 e. The molecule has 6 nitrogen and oxygen atoms in total. The number of halogens is 1. The zero-order chi connectivity index (χ0) is 22.8. The number of rotatable bonds is 7. The molecule has 1 N–H and O–H groups in total. The van der Waals surface area contributed by atoms with Gasteiger partial charge >= 0.3 is 5.97 Å². The van der Waals surface area contributed by atoms with Crippen molar-refractivity contribution in [1.82, 2.24) is 4.90 Å². The molecule has 1 fully saturated rings. The number of methoxy groups -OCH3 is 1. The third-order valence-corrected chi connectivity index (χ3v) is 6.70. The zero-order valence-corrected chi connectivity index (χ0v) is 18.9. The van der Waals surface area contributed by atoms with E-state index in [9.17, 15) is 9.18 Å². The highest BCUT2D eigenvalue weighted by atomic mass is 32.2. The fourth-order valence-electron chi connectivity index (χ4n) is 3.91. The number of carbonyl (C=O) groups is 1. The summed E-state index contributed by atoms with van der Waals surface area (Å²) >= 11 is 1.30. The standard InChI is InChI=1S/C25H23FN2O4S/c1-30-25(29)23-20(7-6-19-18-9-13-31-21(18)15-32-24(19)23)27-33-22-8-5-17(26)14-16(22)4-2-10-28-11-3-12-28/h2,4-9,13-14,27H,3,10-12,15H2,1H3. The lowest BCUT2D eigenvalue weighted by molar-refractivity contribution is 0.0596. The van der Waals surface area contributed by atoms with Crippen molar-refractivity contribution in [2.75, 3.05) is 31.5 Å². The van der Waals surface area contributed by atoms with E-state index in [2.05, 4.69) is 9.62 Å². The third-order valence-electron chi connectivity index (χ3n) is 5.78. The second-order valence-electron chi connectivity index (χ2n) is 7.85. The molecule has 0 aliphatic carbocycles. The Morgan fingerprint density at radius 1 is 1.24 bits per heavy atom. The molecular formula is C25H23FN2O4S. The van der Waals surface area contributed by atoms with Crippen LogP contribution in [0.25, 0.3) is 17.2 Å². The maximum atomic E-state index is 13.9. The molecule has 170 valence electrons. The number of nitrogens with zero attached hydrogens (tertiary/aromatic N) is 1. The molecule has 8 heteroatoms. The fraction of sp³-hybridized carbons (Fsp3) is 0.240. The number of likely N-dealkylation sites (tertiary alicyclic amines) is 1. The summed E-state index contributed by atoms with van der Waals surface area (Å²) in [6.07, 6.45) is 6.82. The van der Waals surface area contributed by atoms with Crippen LogP contribution in [0.15, 0.2) is 58.1 Å². The SMILES string of the molecule is COC(=O)c1c(NSc2ccc(F)cc2C=CCN2CCC2)ccc2c1OCc1occc1-2. The van der Waals surface area contributed by atoms with Crippen molar-refractivity contribution in [2.24, 2.45) is 0 Å². The van der Waals surface area contributed by atoms with Crippen LogP contribution in [0, 0.1) is 5.82 Å². The Morgan fingerprint density at radius 2 is 2.12 bits per heavy atom. The highest BCUT2D eigenvalue weighted by molar-refractivity contribution is 8.00. The number of nitrogens with one attached hydrogen (secondary N) is 1.